The van der Waals surface area contributed by atoms with Crippen molar-refractivity contribution in [1.29, 1.82) is 0 Å². The van der Waals surface area contributed by atoms with E-state index in [2.05, 4.69) is 15.5 Å². The van der Waals surface area contributed by atoms with E-state index in [-0.39, 0.29) is 29.0 Å². The Morgan fingerprint density at radius 1 is 0.805 bits per heavy atom. The Hall–Kier alpha value is -3.99. The lowest BCUT2D eigenvalue weighted by Crippen LogP contribution is -2.50. The zero-order valence-corrected chi connectivity index (χ0v) is 23.3. The molecule has 2 aromatic rings. The molecule has 2 heterocycles. The van der Waals surface area contributed by atoms with Crippen molar-refractivity contribution < 1.29 is 19.3 Å². The number of carbonyl (C=O) groups excluding carboxylic acids is 3. The molecule has 3 fully saturated rings. The van der Waals surface area contributed by atoms with E-state index >= 15 is 0 Å². The second kappa shape index (κ2) is 13.1. The van der Waals surface area contributed by atoms with Gasteiger partial charge in [-0.1, -0.05) is 19.3 Å². The number of nitrogens with zero attached hydrogens (tertiary/aromatic N) is 4. The Balaban J connectivity index is 1.35. The van der Waals surface area contributed by atoms with Gasteiger partial charge in [-0.25, -0.2) is 0 Å². The van der Waals surface area contributed by atoms with Gasteiger partial charge in [0.1, 0.15) is 0 Å². The van der Waals surface area contributed by atoms with Gasteiger partial charge in [0.15, 0.2) is 0 Å². The molecule has 11 heteroatoms. The first-order valence-corrected chi connectivity index (χ1v) is 14.6. The third-order valence-corrected chi connectivity index (χ3v) is 8.35. The van der Waals surface area contributed by atoms with Crippen LogP contribution < -0.4 is 15.5 Å². The summed E-state index contributed by atoms with van der Waals surface area (Å²) in [4.78, 5) is 56.1. The molecule has 2 aromatic carbocycles. The van der Waals surface area contributed by atoms with Gasteiger partial charge in [-0.15, -0.1) is 0 Å². The van der Waals surface area contributed by atoms with Crippen LogP contribution in [0.4, 0.5) is 17.1 Å². The van der Waals surface area contributed by atoms with E-state index in [1.54, 1.807) is 12.1 Å². The minimum Gasteiger partial charge on any atom is -0.366 e. The largest absolute Gasteiger partial charge is 0.366 e. The van der Waals surface area contributed by atoms with Crippen LogP contribution in [0.15, 0.2) is 42.5 Å². The predicted octanol–water partition coefficient (Wildman–Crippen LogP) is 3.51. The molecule has 1 saturated carbocycles. The average Bonchev–Trinajstić information content (AvgIpc) is 3.31. The van der Waals surface area contributed by atoms with Crippen molar-refractivity contribution in [2.45, 2.75) is 38.5 Å². The van der Waals surface area contributed by atoms with E-state index in [1.165, 1.54) is 30.7 Å². The highest BCUT2D eigenvalue weighted by atomic mass is 16.6. The lowest BCUT2D eigenvalue weighted by atomic mass is 9.88. The number of amides is 3. The van der Waals surface area contributed by atoms with Crippen LogP contribution in [-0.2, 0) is 4.79 Å². The fraction of sp³-hybridized carbons (Fsp3) is 0.500. The Labute approximate surface area is 240 Å². The van der Waals surface area contributed by atoms with Crippen molar-refractivity contribution in [3.8, 4) is 0 Å². The summed E-state index contributed by atoms with van der Waals surface area (Å²) in [6.45, 7) is 5.32. The maximum Gasteiger partial charge on any atom is 0.269 e. The van der Waals surface area contributed by atoms with Crippen LogP contribution >= 0.6 is 0 Å². The highest BCUT2D eigenvalue weighted by Crippen LogP contribution is 2.31. The summed E-state index contributed by atoms with van der Waals surface area (Å²) in [5, 5.41) is 17.3. The fourth-order valence-electron chi connectivity index (χ4n) is 5.98. The average molecular weight is 563 g/mol. The van der Waals surface area contributed by atoms with Crippen LogP contribution in [0, 0.1) is 16.0 Å². The molecule has 0 spiro atoms. The third-order valence-electron chi connectivity index (χ3n) is 8.35. The quantitative estimate of drug-likeness (QED) is 0.407. The number of hydrogen-bond donors (Lipinski definition) is 2. The van der Waals surface area contributed by atoms with Crippen molar-refractivity contribution in [3.05, 3.63) is 63.7 Å². The maximum atomic E-state index is 13.4. The van der Waals surface area contributed by atoms with Gasteiger partial charge in [0, 0.05) is 75.0 Å². The lowest BCUT2D eigenvalue weighted by Gasteiger charge is -2.39. The maximum absolute atomic E-state index is 13.4. The molecule has 218 valence electrons. The molecule has 5 rings (SSSR count). The Kier molecular flexibility index (Phi) is 9.13. The molecule has 11 nitrogen and oxygen atoms in total. The zero-order chi connectivity index (χ0) is 28.8. The highest BCUT2D eigenvalue weighted by molar-refractivity contribution is 6.07. The molecule has 1 aliphatic carbocycles. The number of rotatable bonds is 6. The number of nitro benzene ring substituents is 1. The lowest BCUT2D eigenvalue weighted by molar-refractivity contribution is -0.384. The summed E-state index contributed by atoms with van der Waals surface area (Å²) in [5.41, 5.74) is 1.95. The summed E-state index contributed by atoms with van der Waals surface area (Å²) >= 11 is 0. The molecule has 3 aliphatic rings. The molecular formula is C30H38N6O5. The van der Waals surface area contributed by atoms with E-state index in [9.17, 15) is 24.5 Å². The molecule has 0 atom stereocenters. The first-order chi connectivity index (χ1) is 19.9. The van der Waals surface area contributed by atoms with Gasteiger partial charge in [-0.3, -0.25) is 24.5 Å². The molecule has 3 amide bonds. The first kappa shape index (κ1) is 28.5. The van der Waals surface area contributed by atoms with E-state index in [0.717, 1.165) is 50.9 Å². The van der Waals surface area contributed by atoms with Gasteiger partial charge >= 0.3 is 0 Å². The molecule has 41 heavy (non-hydrogen) atoms. The van der Waals surface area contributed by atoms with E-state index in [1.807, 2.05) is 15.9 Å². The fourth-order valence-corrected chi connectivity index (χ4v) is 5.98. The summed E-state index contributed by atoms with van der Waals surface area (Å²) in [5.74, 6) is -0.125. The normalized spacial score (nSPS) is 18.5. The Morgan fingerprint density at radius 2 is 1.51 bits per heavy atom. The number of benzene rings is 2. The van der Waals surface area contributed by atoms with Crippen LogP contribution in [0.3, 0.4) is 0 Å². The van der Waals surface area contributed by atoms with Gasteiger partial charge in [0.2, 0.25) is 5.91 Å². The molecule has 2 saturated heterocycles. The minimum absolute atomic E-state index is 0.0889. The number of hydrogen-bond acceptors (Lipinski definition) is 7. The topological polar surface area (TPSA) is 128 Å². The standard InChI is InChI=1S/C30H38N6O5/c37-28(22-7-10-25(11-8-22)36(40)41)32-26-21-24(30(39)34-15-4-13-31-14-16-34)9-12-27(26)33-17-19-35(20-18-33)29(38)23-5-2-1-3-6-23/h7-12,21,23,31H,1-6,13-20H2,(H,32,37). The smallest absolute Gasteiger partial charge is 0.269 e. The van der Waals surface area contributed by atoms with E-state index < -0.39 is 10.8 Å². The number of nitrogens with one attached hydrogen (secondary N) is 2. The van der Waals surface area contributed by atoms with Crippen molar-refractivity contribution >= 4 is 34.8 Å². The SMILES string of the molecule is O=C(Nc1cc(C(=O)N2CCCNCC2)ccc1N1CCN(C(=O)C2CCCCC2)CC1)c1ccc([N+](=O)[O-])cc1. The molecule has 0 unspecified atom stereocenters. The van der Waals surface area contributed by atoms with Crippen LogP contribution in [0.5, 0.6) is 0 Å². The Bertz CT molecular complexity index is 1260. The number of nitro groups is 1. The van der Waals surface area contributed by atoms with Crippen molar-refractivity contribution in [2.75, 3.05) is 62.6 Å². The Morgan fingerprint density at radius 3 is 2.22 bits per heavy atom. The van der Waals surface area contributed by atoms with Gasteiger partial charge in [0.25, 0.3) is 17.5 Å². The van der Waals surface area contributed by atoms with Crippen molar-refractivity contribution in [3.63, 3.8) is 0 Å². The monoisotopic (exact) mass is 562 g/mol. The van der Waals surface area contributed by atoms with Gasteiger partial charge in [0.05, 0.1) is 16.3 Å². The van der Waals surface area contributed by atoms with Crippen LogP contribution in [0.25, 0.3) is 0 Å². The third kappa shape index (κ3) is 6.84. The number of carbonyl (C=O) groups is 3. The van der Waals surface area contributed by atoms with Crippen LogP contribution in [0.1, 0.15) is 59.2 Å². The molecule has 0 aromatic heterocycles. The van der Waals surface area contributed by atoms with Crippen LogP contribution in [-0.4, -0.2) is 84.8 Å². The number of non-ortho nitro benzene ring substituents is 1. The predicted molar refractivity (Wildman–Crippen MR) is 156 cm³/mol. The first-order valence-electron chi connectivity index (χ1n) is 14.6. The summed E-state index contributed by atoms with van der Waals surface area (Å²) in [6, 6.07) is 10.8. The second-order valence-electron chi connectivity index (χ2n) is 11.0. The molecule has 2 N–H and O–H groups in total. The summed E-state index contributed by atoms with van der Waals surface area (Å²) < 4.78 is 0. The van der Waals surface area contributed by atoms with E-state index in [4.69, 9.17) is 0 Å². The van der Waals surface area contributed by atoms with Gasteiger partial charge < -0.3 is 25.3 Å². The summed E-state index contributed by atoms with van der Waals surface area (Å²) in [6.07, 6.45) is 6.26. The summed E-state index contributed by atoms with van der Waals surface area (Å²) in [7, 11) is 0. The molecule has 0 radical (unpaired) electrons. The number of piperazine rings is 1. The van der Waals surface area contributed by atoms with E-state index in [0.29, 0.717) is 50.5 Å². The molecule has 2 aliphatic heterocycles. The van der Waals surface area contributed by atoms with Crippen LogP contribution in [0.2, 0.25) is 0 Å². The molecular weight excluding hydrogens is 524 g/mol. The second-order valence-corrected chi connectivity index (χ2v) is 11.0. The zero-order valence-electron chi connectivity index (χ0n) is 23.3. The number of anilines is 2. The van der Waals surface area contributed by atoms with Gasteiger partial charge in [-0.2, -0.15) is 0 Å². The minimum atomic E-state index is -0.508. The van der Waals surface area contributed by atoms with Gasteiger partial charge in [-0.05, 0) is 56.1 Å². The highest BCUT2D eigenvalue weighted by Gasteiger charge is 2.29. The molecule has 0 bridgehead atoms. The van der Waals surface area contributed by atoms with Crippen molar-refractivity contribution in [2.24, 2.45) is 5.92 Å². The van der Waals surface area contributed by atoms with Crippen molar-refractivity contribution in [1.82, 2.24) is 15.1 Å².